The minimum Gasteiger partial charge on any atom is -0.383 e. The van der Waals surface area contributed by atoms with Gasteiger partial charge in [-0.25, -0.2) is 0 Å². The Kier molecular flexibility index (Phi) is 4.51. The van der Waals surface area contributed by atoms with Crippen LogP contribution in [0.4, 0.5) is 5.69 Å². The SMILES string of the molecule is CCNc1cc(-c2cccc(CC)c2)cnc1C(C)=O. The molecule has 2 rings (SSSR count). The predicted octanol–water partition coefficient (Wildman–Crippen LogP) is 3.95. The molecular formula is C17H20N2O. The zero-order valence-corrected chi connectivity index (χ0v) is 12.2. The Hall–Kier alpha value is -2.16. The summed E-state index contributed by atoms with van der Waals surface area (Å²) < 4.78 is 0. The molecule has 2 aromatic rings. The number of pyridine rings is 1. The van der Waals surface area contributed by atoms with E-state index in [-0.39, 0.29) is 5.78 Å². The van der Waals surface area contributed by atoms with E-state index in [0.29, 0.717) is 5.69 Å². The van der Waals surface area contributed by atoms with Crippen LogP contribution in [0.3, 0.4) is 0 Å². The highest BCUT2D eigenvalue weighted by atomic mass is 16.1. The number of aromatic nitrogens is 1. The molecule has 0 spiro atoms. The van der Waals surface area contributed by atoms with Crippen molar-refractivity contribution in [1.82, 2.24) is 4.98 Å². The van der Waals surface area contributed by atoms with Gasteiger partial charge >= 0.3 is 0 Å². The lowest BCUT2D eigenvalue weighted by Crippen LogP contribution is -2.06. The van der Waals surface area contributed by atoms with E-state index in [4.69, 9.17) is 0 Å². The number of hydrogen-bond acceptors (Lipinski definition) is 3. The van der Waals surface area contributed by atoms with Crippen LogP contribution in [0.15, 0.2) is 36.5 Å². The summed E-state index contributed by atoms with van der Waals surface area (Å²) in [6.07, 6.45) is 2.78. The summed E-state index contributed by atoms with van der Waals surface area (Å²) in [5, 5.41) is 3.21. The number of nitrogens with one attached hydrogen (secondary N) is 1. The van der Waals surface area contributed by atoms with Gasteiger partial charge in [-0.15, -0.1) is 0 Å². The molecule has 0 aliphatic carbocycles. The van der Waals surface area contributed by atoms with Crippen LogP contribution in [0.25, 0.3) is 11.1 Å². The summed E-state index contributed by atoms with van der Waals surface area (Å²) >= 11 is 0. The predicted molar refractivity (Wildman–Crippen MR) is 83.2 cm³/mol. The molecule has 20 heavy (non-hydrogen) atoms. The number of anilines is 1. The van der Waals surface area contributed by atoms with E-state index in [1.54, 1.807) is 13.1 Å². The molecule has 1 aromatic heterocycles. The van der Waals surface area contributed by atoms with E-state index < -0.39 is 0 Å². The van der Waals surface area contributed by atoms with Gasteiger partial charge in [-0.05, 0) is 30.5 Å². The molecule has 0 bridgehead atoms. The Balaban J connectivity index is 2.46. The number of carbonyl (C=O) groups is 1. The van der Waals surface area contributed by atoms with Crippen molar-refractivity contribution in [3.05, 3.63) is 47.8 Å². The second-order valence-corrected chi connectivity index (χ2v) is 4.76. The highest BCUT2D eigenvalue weighted by Crippen LogP contribution is 2.25. The maximum atomic E-state index is 11.6. The van der Waals surface area contributed by atoms with Gasteiger partial charge in [0.2, 0.25) is 0 Å². The molecule has 0 atom stereocenters. The van der Waals surface area contributed by atoms with Gasteiger partial charge in [0.05, 0.1) is 5.69 Å². The molecule has 3 heteroatoms. The number of benzene rings is 1. The molecule has 1 aromatic carbocycles. The molecule has 0 saturated carbocycles. The van der Waals surface area contributed by atoms with Crippen molar-refractivity contribution in [2.75, 3.05) is 11.9 Å². The first-order chi connectivity index (χ1) is 9.65. The summed E-state index contributed by atoms with van der Waals surface area (Å²) in [7, 11) is 0. The van der Waals surface area contributed by atoms with Crippen molar-refractivity contribution in [2.24, 2.45) is 0 Å². The minimum absolute atomic E-state index is 0.0187. The first-order valence-electron chi connectivity index (χ1n) is 6.99. The summed E-state index contributed by atoms with van der Waals surface area (Å²) in [5.41, 5.74) is 4.76. The highest BCUT2D eigenvalue weighted by molar-refractivity contribution is 5.98. The summed E-state index contributed by atoms with van der Waals surface area (Å²) in [4.78, 5) is 15.9. The third-order valence-corrected chi connectivity index (χ3v) is 3.26. The summed E-state index contributed by atoms with van der Waals surface area (Å²) in [5.74, 6) is -0.0187. The van der Waals surface area contributed by atoms with Gasteiger partial charge in [0.1, 0.15) is 5.69 Å². The first-order valence-corrected chi connectivity index (χ1v) is 6.99. The molecular weight excluding hydrogens is 248 g/mol. The lowest BCUT2D eigenvalue weighted by Gasteiger charge is -2.11. The molecule has 0 saturated heterocycles. The number of rotatable bonds is 5. The van der Waals surface area contributed by atoms with E-state index in [9.17, 15) is 4.79 Å². The van der Waals surface area contributed by atoms with Crippen molar-refractivity contribution in [3.8, 4) is 11.1 Å². The fourth-order valence-corrected chi connectivity index (χ4v) is 2.20. The largest absolute Gasteiger partial charge is 0.383 e. The van der Waals surface area contributed by atoms with Gasteiger partial charge in [0.15, 0.2) is 5.78 Å². The molecule has 0 radical (unpaired) electrons. The van der Waals surface area contributed by atoms with Crippen molar-refractivity contribution in [3.63, 3.8) is 0 Å². The first kappa shape index (κ1) is 14.3. The summed E-state index contributed by atoms with van der Waals surface area (Å²) in [6, 6.07) is 10.4. The fraction of sp³-hybridized carbons (Fsp3) is 0.294. The van der Waals surface area contributed by atoms with Gasteiger partial charge in [-0.3, -0.25) is 9.78 Å². The molecule has 1 N–H and O–H groups in total. The van der Waals surface area contributed by atoms with Crippen LogP contribution < -0.4 is 5.32 Å². The van der Waals surface area contributed by atoms with Crippen LogP contribution in [-0.4, -0.2) is 17.3 Å². The molecule has 0 fully saturated rings. The smallest absolute Gasteiger partial charge is 0.180 e. The van der Waals surface area contributed by atoms with Crippen LogP contribution in [0.5, 0.6) is 0 Å². The van der Waals surface area contributed by atoms with Crippen LogP contribution in [0.2, 0.25) is 0 Å². The zero-order valence-electron chi connectivity index (χ0n) is 12.2. The Morgan fingerprint density at radius 1 is 1.20 bits per heavy atom. The quantitative estimate of drug-likeness (QED) is 0.835. The number of Topliss-reactive ketones (excluding diaryl/α,β-unsaturated/α-hetero) is 1. The van der Waals surface area contributed by atoms with Crippen molar-refractivity contribution in [1.29, 1.82) is 0 Å². The van der Waals surface area contributed by atoms with Gasteiger partial charge in [0, 0.05) is 25.2 Å². The van der Waals surface area contributed by atoms with E-state index >= 15 is 0 Å². The van der Waals surface area contributed by atoms with E-state index in [1.165, 1.54) is 5.56 Å². The average molecular weight is 268 g/mol. The number of aryl methyl sites for hydroxylation is 1. The van der Waals surface area contributed by atoms with E-state index in [0.717, 1.165) is 29.8 Å². The molecule has 1 heterocycles. The van der Waals surface area contributed by atoms with Crippen LogP contribution in [-0.2, 0) is 6.42 Å². The highest BCUT2D eigenvalue weighted by Gasteiger charge is 2.10. The minimum atomic E-state index is -0.0187. The Morgan fingerprint density at radius 3 is 2.65 bits per heavy atom. The van der Waals surface area contributed by atoms with E-state index in [2.05, 4.69) is 41.5 Å². The van der Waals surface area contributed by atoms with E-state index in [1.807, 2.05) is 13.0 Å². The second kappa shape index (κ2) is 6.33. The van der Waals surface area contributed by atoms with Gasteiger partial charge in [-0.1, -0.05) is 31.2 Å². The van der Waals surface area contributed by atoms with Crippen molar-refractivity contribution >= 4 is 11.5 Å². The molecule has 0 amide bonds. The molecule has 104 valence electrons. The lowest BCUT2D eigenvalue weighted by atomic mass is 10.0. The monoisotopic (exact) mass is 268 g/mol. The number of ketones is 1. The standard InChI is InChI=1S/C17H20N2O/c1-4-13-7-6-8-14(9-13)15-10-16(18-5-2)17(12(3)20)19-11-15/h6-11,18H,4-5H2,1-3H3. The topological polar surface area (TPSA) is 42.0 Å². The van der Waals surface area contributed by atoms with Gasteiger partial charge in [0.25, 0.3) is 0 Å². The normalized spacial score (nSPS) is 10.3. The zero-order chi connectivity index (χ0) is 14.5. The number of carbonyl (C=O) groups excluding carboxylic acids is 1. The summed E-state index contributed by atoms with van der Waals surface area (Å²) in [6.45, 7) is 6.45. The lowest BCUT2D eigenvalue weighted by molar-refractivity contribution is 0.101. The van der Waals surface area contributed by atoms with Crippen molar-refractivity contribution < 1.29 is 4.79 Å². The van der Waals surface area contributed by atoms with Crippen LogP contribution in [0, 0.1) is 0 Å². The van der Waals surface area contributed by atoms with Crippen LogP contribution in [0.1, 0.15) is 36.8 Å². The Bertz CT molecular complexity index is 620. The molecule has 0 aliphatic rings. The fourth-order valence-electron chi connectivity index (χ4n) is 2.20. The Labute approximate surface area is 120 Å². The Morgan fingerprint density at radius 2 is 2.00 bits per heavy atom. The maximum Gasteiger partial charge on any atom is 0.180 e. The average Bonchev–Trinajstić information content (AvgIpc) is 2.47. The van der Waals surface area contributed by atoms with Gasteiger partial charge in [-0.2, -0.15) is 0 Å². The van der Waals surface area contributed by atoms with Crippen LogP contribution >= 0.6 is 0 Å². The van der Waals surface area contributed by atoms with Gasteiger partial charge < -0.3 is 5.32 Å². The number of nitrogens with zero attached hydrogens (tertiary/aromatic N) is 1. The maximum absolute atomic E-state index is 11.6. The van der Waals surface area contributed by atoms with Crippen molar-refractivity contribution in [2.45, 2.75) is 27.2 Å². The second-order valence-electron chi connectivity index (χ2n) is 4.76. The molecule has 0 aliphatic heterocycles. The molecule has 0 unspecified atom stereocenters. The third-order valence-electron chi connectivity index (χ3n) is 3.26. The third kappa shape index (κ3) is 3.05. The molecule has 3 nitrogen and oxygen atoms in total. The number of hydrogen-bond donors (Lipinski definition) is 1.